The molecular formula is C21H30N6O2. The summed E-state index contributed by atoms with van der Waals surface area (Å²) in [4.78, 5) is 31.9. The number of benzene rings is 1. The molecule has 2 amide bonds. The van der Waals surface area contributed by atoms with Gasteiger partial charge in [-0.1, -0.05) is 18.2 Å². The monoisotopic (exact) mass is 398 g/mol. The molecule has 1 aromatic rings. The number of fused-ring (bicyclic) bond motifs is 2. The van der Waals surface area contributed by atoms with E-state index in [0.717, 1.165) is 51.3 Å². The standard InChI is InChI=1S/C21H30N6O2/c28-19(27-8-6-15-3-1-2-4-18(15)27)14-25-9-11-26(12-10-25)21(29)20-16-13-22-7-5-17(16)23-24-20/h1-4,16-17,20,22-24H,5-14H2. The molecule has 3 N–H and O–H groups in total. The molecule has 0 aromatic heterocycles. The van der Waals surface area contributed by atoms with Crippen molar-refractivity contribution in [3.05, 3.63) is 29.8 Å². The number of piperazine rings is 1. The normalized spacial score (nSPS) is 29.6. The van der Waals surface area contributed by atoms with Crippen LogP contribution >= 0.6 is 0 Å². The SMILES string of the molecule is O=C(C1NNC2CCNCC21)N1CCN(CC(=O)N2CCc3ccccc32)CC1. The van der Waals surface area contributed by atoms with Gasteiger partial charge in [-0.2, -0.15) is 0 Å². The summed E-state index contributed by atoms with van der Waals surface area (Å²) in [6.07, 6.45) is 1.99. The summed E-state index contributed by atoms with van der Waals surface area (Å²) >= 11 is 0. The number of amides is 2. The van der Waals surface area contributed by atoms with Crippen molar-refractivity contribution in [3.8, 4) is 0 Å². The highest BCUT2D eigenvalue weighted by Crippen LogP contribution is 2.27. The van der Waals surface area contributed by atoms with E-state index in [1.165, 1.54) is 5.56 Å². The van der Waals surface area contributed by atoms with Gasteiger partial charge in [0.05, 0.1) is 6.54 Å². The van der Waals surface area contributed by atoms with Crippen LogP contribution in [0, 0.1) is 5.92 Å². The zero-order valence-corrected chi connectivity index (χ0v) is 16.8. The van der Waals surface area contributed by atoms with Gasteiger partial charge in [-0.25, -0.2) is 5.43 Å². The second kappa shape index (κ2) is 8.02. The van der Waals surface area contributed by atoms with Gasteiger partial charge in [0.15, 0.2) is 0 Å². The Balaban J connectivity index is 1.13. The Labute approximate surface area is 171 Å². The maximum absolute atomic E-state index is 13.0. The van der Waals surface area contributed by atoms with Crippen LogP contribution in [0.1, 0.15) is 12.0 Å². The smallest absolute Gasteiger partial charge is 0.241 e. The van der Waals surface area contributed by atoms with Crippen LogP contribution in [0.15, 0.2) is 24.3 Å². The minimum atomic E-state index is -0.151. The molecule has 0 aliphatic carbocycles. The van der Waals surface area contributed by atoms with Crippen molar-refractivity contribution in [1.82, 2.24) is 26.0 Å². The number of para-hydroxylation sites is 1. The quantitative estimate of drug-likeness (QED) is 0.617. The first-order valence-corrected chi connectivity index (χ1v) is 10.8. The Morgan fingerprint density at radius 1 is 1.03 bits per heavy atom. The van der Waals surface area contributed by atoms with Crippen molar-refractivity contribution in [2.24, 2.45) is 5.92 Å². The van der Waals surface area contributed by atoms with Crippen LogP contribution in [0.25, 0.3) is 0 Å². The zero-order valence-electron chi connectivity index (χ0n) is 16.8. The van der Waals surface area contributed by atoms with E-state index < -0.39 is 0 Å². The van der Waals surface area contributed by atoms with E-state index in [9.17, 15) is 9.59 Å². The number of nitrogens with one attached hydrogen (secondary N) is 3. The molecule has 3 fully saturated rings. The molecule has 0 spiro atoms. The number of nitrogens with zero attached hydrogens (tertiary/aromatic N) is 3. The lowest BCUT2D eigenvalue weighted by atomic mass is 9.89. The summed E-state index contributed by atoms with van der Waals surface area (Å²) in [5, 5.41) is 3.41. The molecule has 0 bridgehead atoms. The van der Waals surface area contributed by atoms with E-state index in [1.807, 2.05) is 28.0 Å². The van der Waals surface area contributed by atoms with E-state index in [4.69, 9.17) is 0 Å². The van der Waals surface area contributed by atoms with Gasteiger partial charge in [0.2, 0.25) is 11.8 Å². The zero-order chi connectivity index (χ0) is 19.8. The Hall–Kier alpha value is -2.00. The highest BCUT2D eigenvalue weighted by atomic mass is 16.2. The number of hydrogen-bond acceptors (Lipinski definition) is 6. The summed E-state index contributed by atoms with van der Waals surface area (Å²) in [6.45, 7) is 5.95. The molecule has 3 unspecified atom stereocenters. The molecule has 1 aromatic carbocycles. The Morgan fingerprint density at radius 2 is 1.86 bits per heavy atom. The fraction of sp³-hybridized carbons (Fsp3) is 0.619. The Bertz CT molecular complexity index is 778. The molecule has 4 aliphatic heterocycles. The molecule has 4 heterocycles. The second-order valence-corrected chi connectivity index (χ2v) is 8.56. The average Bonchev–Trinajstić information content (AvgIpc) is 3.38. The van der Waals surface area contributed by atoms with E-state index in [1.54, 1.807) is 0 Å². The van der Waals surface area contributed by atoms with Gasteiger partial charge >= 0.3 is 0 Å². The van der Waals surface area contributed by atoms with E-state index >= 15 is 0 Å². The van der Waals surface area contributed by atoms with Crippen LogP contribution in [0.5, 0.6) is 0 Å². The number of piperidine rings is 1. The van der Waals surface area contributed by atoms with Crippen LogP contribution in [0.3, 0.4) is 0 Å². The lowest BCUT2D eigenvalue weighted by Crippen LogP contribution is -2.56. The number of hydrazine groups is 1. The third-order valence-electron chi connectivity index (χ3n) is 6.88. The first-order valence-electron chi connectivity index (χ1n) is 10.8. The largest absolute Gasteiger partial charge is 0.339 e. The third kappa shape index (κ3) is 3.66. The molecule has 8 nitrogen and oxygen atoms in total. The fourth-order valence-corrected chi connectivity index (χ4v) is 5.16. The van der Waals surface area contributed by atoms with Crippen molar-refractivity contribution in [1.29, 1.82) is 0 Å². The maximum Gasteiger partial charge on any atom is 0.241 e. The van der Waals surface area contributed by atoms with Gasteiger partial charge in [-0.05, 0) is 31.0 Å². The van der Waals surface area contributed by atoms with Gasteiger partial charge in [0, 0.05) is 56.9 Å². The number of carbonyl (C=O) groups is 2. The molecule has 3 atom stereocenters. The molecule has 29 heavy (non-hydrogen) atoms. The van der Waals surface area contributed by atoms with Crippen molar-refractivity contribution in [2.45, 2.75) is 24.9 Å². The van der Waals surface area contributed by atoms with Crippen LogP contribution in [0.4, 0.5) is 5.69 Å². The first kappa shape index (κ1) is 19.0. The average molecular weight is 399 g/mol. The van der Waals surface area contributed by atoms with Gasteiger partial charge in [0.25, 0.3) is 0 Å². The molecule has 8 heteroatoms. The summed E-state index contributed by atoms with van der Waals surface area (Å²) in [7, 11) is 0. The van der Waals surface area contributed by atoms with Crippen molar-refractivity contribution in [2.75, 3.05) is 57.3 Å². The molecule has 4 aliphatic rings. The number of hydrogen-bond donors (Lipinski definition) is 3. The second-order valence-electron chi connectivity index (χ2n) is 8.56. The lowest BCUT2D eigenvalue weighted by molar-refractivity contribution is -0.136. The number of anilines is 1. The molecule has 156 valence electrons. The molecule has 0 saturated carbocycles. The summed E-state index contributed by atoms with van der Waals surface area (Å²) in [5.74, 6) is 0.659. The van der Waals surface area contributed by atoms with Crippen molar-refractivity contribution < 1.29 is 9.59 Å². The van der Waals surface area contributed by atoms with E-state index in [2.05, 4.69) is 27.1 Å². The molecule has 0 radical (unpaired) electrons. The minimum absolute atomic E-state index is 0.151. The Kier molecular flexibility index (Phi) is 5.26. The van der Waals surface area contributed by atoms with Crippen molar-refractivity contribution >= 4 is 17.5 Å². The molecule has 3 saturated heterocycles. The number of rotatable bonds is 3. The summed E-state index contributed by atoms with van der Waals surface area (Å²) < 4.78 is 0. The Morgan fingerprint density at radius 3 is 2.72 bits per heavy atom. The van der Waals surface area contributed by atoms with E-state index in [0.29, 0.717) is 31.6 Å². The molecule has 5 rings (SSSR count). The highest BCUT2D eigenvalue weighted by Gasteiger charge is 2.43. The number of carbonyl (C=O) groups excluding carboxylic acids is 2. The first-order chi connectivity index (χ1) is 14.2. The van der Waals surface area contributed by atoms with Crippen LogP contribution in [-0.2, 0) is 16.0 Å². The van der Waals surface area contributed by atoms with E-state index in [-0.39, 0.29) is 17.9 Å². The lowest BCUT2D eigenvalue weighted by Gasteiger charge is -2.37. The van der Waals surface area contributed by atoms with Crippen molar-refractivity contribution in [3.63, 3.8) is 0 Å². The van der Waals surface area contributed by atoms with Crippen LogP contribution in [-0.4, -0.2) is 86.1 Å². The third-order valence-corrected chi connectivity index (χ3v) is 6.88. The highest BCUT2D eigenvalue weighted by molar-refractivity contribution is 5.96. The fourth-order valence-electron chi connectivity index (χ4n) is 5.16. The van der Waals surface area contributed by atoms with Gasteiger partial charge in [0.1, 0.15) is 6.04 Å². The predicted molar refractivity (Wildman–Crippen MR) is 110 cm³/mol. The topological polar surface area (TPSA) is 80.0 Å². The minimum Gasteiger partial charge on any atom is -0.339 e. The summed E-state index contributed by atoms with van der Waals surface area (Å²) in [5.41, 5.74) is 8.85. The van der Waals surface area contributed by atoms with Gasteiger partial charge in [-0.3, -0.25) is 19.9 Å². The van der Waals surface area contributed by atoms with Crippen LogP contribution < -0.4 is 21.1 Å². The van der Waals surface area contributed by atoms with Gasteiger partial charge < -0.3 is 15.1 Å². The summed E-state index contributed by atoms with van der Waals surface area (Å²) in [6, 6.07) is 8.39. The van der Waals surface area contributed by atoms with Gasteiger partial charge in [-0.15, -0.1) is 0 Å². The maximum atomic E-state index is 13.0. The predicted octanol–water partition coefficient (Wildman–Crippen LogP) is -0.826. The van der Waals surface area contributed by atoms with Crippen LogP contribution in [0.2, 0.25) is 0 Å². The molecular weight excluding hydrogens is 368 g/mol.